The zero-order valence-electron chi connectivity index (χ0n) is 5.60. The van der Waals surface area contributed by atoms with Gasteiger partial charge in [0.1, 0.15) is 5.10 Å². The summed E-state index contributed by atoms with van der Waals surface area (Å²) in [4.78, 5) is 3.87. The van der Waals surface area contributed by atoms with E-state index in [1.807, 2.05) is 12.1 Å². The largest absolute Gasteiger partial charge is 0.316 e. The maximum Gasteiger partial charge on any atom is 0.316 e. The normalized spacial score (nSPS) is 14.4. The van der Waals surface area contributed by atoms with Gasteiger partial charge in [0.15, 0.2) is 5.22 Å². The van der Waals surface area contributed by atoms with E-state index in [9.17, 15) is 0 Å². The highest BCUT2D eigenvalue weighted by molar-refractivity contribution is 5.98. The first kappa shape index (κ1) is 5.96. The molecule has 1 radical (unpaired) electrons. The van der Waals surface area contributed by atoms with Crippen molar-refractivity contribution < 1.29 is 0 Å². The monoisotopic (exact) mass is 147 g/mol. The van der Waals surface area contributed by atoms with Crippen LogP contribution in [0.25, 0.3) is 0 Å². The summed E-state index contributed by atoms with van der Waals surface area (Å²) in [5.74, 6) is 0.660. The molecule has 0 saturated carbocycles. The third kappa shape index (κ3) is 1.07. The van der Waals surface area contributed by atoms with Gasteiger partial charge in [0, 0.05) is 12.4 Å². The molecule has 0 saturated heterocycles. The molecular formula is C6H5N5+. The highest BCUT2D eigenvalue weighted by Crippen LogP contribution is 1.98. The van der Waals surface area contributed by atoms with Gasteiger partial charge in [-0.15, -0.1) is 5.43 Å². The quantitative estimate of drug-likeness (QED) is 0.610. The maximum atomic E-state index is 3.87. The van der Waals surface area contributed by atoms with Crippen LogP contribution in [0.15, 0.2) is 34.9 Å². The van der Waals surface area contributed by atoms with Gasteiger partial charge >= 0.3 is 5.84 Å². The van der Waals surface area contributed by atoms with E-state index in [4.69, 9.17) is 0 Å². The van der Waals surface area contributed by atoms with Crippen LogP contribution in [-0.4, -0.2) is 10.8 Å². The van der Waals surface area contributed by atoms with Crippen LogP contribution in [-0.2, 0) is 0 Å². The highest BCUT2D eigenvalue weighted by Gasteiger charge is 2.15. The van der Waals surface area contributed by atoms with E-state index >= 15 is 0 Å². The standard InChI is InChI=1S/C6H5N5/c1-3-7-4-2-5(1)6-8-10-11-9-6/h1-4H,(H,8,9,10)/q+1. The van der Waals surface area contributed by atoms with Crippen molar-refractivity contribution in [3.63, 3.8) is 0 Å². The molecular weight excluding hydrogens is 142 g/mol. The molecule has 0 bridgehead atoms. The lowest BCUT2D eigenvalue weighted by atomic mass is 10.2. The number of hydrogen-bond acceptors (Lipinski definition) is 5. The minimum atomic E-state index is 0.660. The summed E-state index contributed by atoms with van der Waals surface area (Å²) in [7, 11) is 0. The summed E-state index contributed by atoms with van der Waals surface area (Å²) in [5, 5.41) is 10.7. The Balaban J connectivity index is 2.31. The second-order valence-electron chi connectivity index (χ2n) is 1.99. The molecule has 2 heterocycles. The van der Waals surface area contributed by atoms with Crippen molar-refractivity contribution in [1.29, 1.82) is 0 Å². The zero-order valence-corrected chi connectivity index (χ0v) is 5.60. The van der Waals surface area contributed by atoms with Crippen LogP contribution >= 0.6 is 0 Å². The van der Waals surface area contributed by atoms with E-state index < -0.39 is 0 Å². The van der Waals surface area contributed by atoms with Crippen molar-refractivity contribution in [2.24, 2.45) is 10.3 Å². The Hall–Kier alpha value is -1.78. The summed E-state index contributed by atoms with van der Waals surface area (Å²) in [6.07, 6.45) is 3.38. The topological polar surface area (TPSA) is 63.7 Å². The summed E-state index contributed by atoms with van der Waals surface area (Å²) in [6.45, 7) is 0. The second kappa shape index (κ2) is 2.45. The third-order valence-corrected chi connectivity index (χ3v) is 1.30. The number of nitrogens with one attached hydrogen (secondary N) is 1. The van der Waals surface area contributed by atoms with Gasteiger partial charge in [-0.2, -0.15) is 0 Å². The fraction of sp³-hybridized carbons (Fsp3) is 0. The zero-order chi connectivity index (χ0) is 7.52. The number of pyridine rings is 1. The van der Waals surface area contributed by atoms with Gasteiger partial charge in [0.05, 0.1) is 5.56 Å². The Morgan fingerprint density at radius 1 is 1.27 bits per heavy atom. The lowest BCUT2D eigenvalue weighted by Crippen LogP contribution is -2.20. The minimum Gasteiger partial charge on any atom is -0.265 e. The van der Waals surface area contributed by atoms with Crippen LogP contribution in [0, 0.1) is 0 Å². The van der Waals surface area contributed by atoms with Gasteiger partial charge in [0.2, 0.25) is 5.22 Å². The summed E-state index contributed by atoms with van der Waals surface area (Å²) in [6, 6.07) is 3.67. The van der Waals surface area contributed by atoms with Gasteiger partial charge in [-0.3, -0.25) is 4.98 Å². The van der Waals surface area contributed by atoms with E-state index in [0.717, 1.165) is 5.56 Å². The number of amidine groups is 1. The van der Waals surface area contributed by atoms with Crippen LogP contribution in [0.4, 0.5) is 0 Å². The molecule has 5 nitrogen and oxygen atoms in total. The molecule has 0 atom stereocenters. The number of hydrogen-bond donors (Lipinski definition) is 1. The Morgan fingerprint density at radius 3 is 2.73 bits per heavy atom. The third-order valence-electron chi connectivity index (χ3n) is 1.30. The predicted molar refractivity (Wildman–Crippen MR) is 38.5 cm³/mol. The molecule has 1 aliphatic heterocycles. The first-order valence-corrected chi connectivity index (χ1v) is 3.11. The Morgan fingerprint density at radius 2 is 2.09 bits per heavy atom. The summed E-state index contributed by atoms with van der Waals surface area (Å²) < 4.78 is 0. The molecule has 1 aliphatic rings. The Kier molecular flexibility index (Phi) is 1.33. The molecule has 0 aromatic carbocycles. The van der Waals surface area contributed by atoms with Gasteiger partial charge in [-0.1, -0.05) is 0 Å². The molecule has 0 aliphatic carbocycles. The van der Waals surface area contributed by atoms with E-state index in [-0.39, 0.29) is 0 Å². The van der Waals surface area contributed by atoms with E-state index in [1.54, 1.807) is 12.4 Å². The second-order valence-corrected chi connectivity index (χ2v) is 1.99. The molecule has 1 aromatic heterocycles. The summed E-state index contributed by atoms with van der Waals surface area (Å²) >= 11 is 0. The predicted octanol–water partition coefficient (Wildman–Crippen LogP) is 0.0494. The van der Waals surface area contributed by atoms with Crippen molar-refractivity contribution in [1.82, 2.24) is 15.6 Å². The maximum absolute atomic E-state index is 3.87. The molecule has 0 amide bonds. The number of aromatic nitrogens is 1. The SMILES string of the molecule is c1cc(C2=NN=[N+]N2)ccn1. The van der Waals surface area contributed by atoms with E-state index in [0.29, 0.717) is 5.84 Å². The number of rotatable bonds is 1. The van der Waals surface area contributed by atoms with Gasteiger partial charge in [-0.25, -0.2) is 0 Å². The lowest BCUT2D eigenvalue weighted by molar-refractivity contribution is 0.818. The molecule has 0 fully saturated rings. The van der Waals surface area contributed by atoms with E-state index in [1.165, 1.54) is 0 Å². The smallest absolute Gasteiger partial charge is 0.265 e. The van der Waals surface area contributed by atoms with Gasteiger partial charge in [-0.05, 0) is 12.1 Å². The minimum absolute atomic E-state index is 0.660. The van der Waals surface area contributed by atoms with Crippen LogP contribution in [0.3, 0.4) is 0 Å². The number of nitrogens with zero attached hydrogens (tertiary/aromatic N) is 4. The average molecular weight is 147 g/mol. The van der Waals surface area contributed by atoms with Crippen molar-refractivity contribution in [2.75, 3.05) is 0 Å². The van der Waals surface area contributed by atoms with Crippen LogP contribution < -0.4 is 10.6 Å². The molecule has 11 heavy (non-hydrogen) atoms. The molecule has 53 valence electrons. The van der Waals surface area contributed by atoms with Crippen molar-refractivity contribution in [3.05, 3.63) is 30.1 Å². The molecule has 0 unspecified atom stereocenters. The van der Waals surface area contributed by atoms with Crippen molar-refractivity contribution >= 4 is 5.84 Å². The molecule has 0 spiro atoms. The van der Waals surface area contributed by atoms with Crippen LogP contribution in [0.5, 0.6) is 0 Å². The Labute approximate surface area is 62.8 Å². The van der Waals surface area contributed by atoms with Gasteiger partial charge in [0.25, 0.3) is 0 Å². The molecule has 1 aromatic rings. The Bertz CT molecular complexity index is 302. The van der Waals surface area contributed by atoms with Crippen molar-refractivity contribution in [3.8, 4) is 0 Å². The molecule has 2 rings (SSSR count). The first-order chi connectivity index (χ1) is 5.47. The highest BCUT2D eigenvalue weighted by atomic mass is 15.6. The first-order valence-electron chi connectivity index (χ1n) is 3.11. The van der Waals surface area contributed by atoms with Crippen LogP contribution in [0.1, 0.15) is 5.56 Å². The fourth-order valence-electron chi connectivity index (χ4n) is 0.791. The van der Waals surface area contributed by atoms with E-state index in [2.05, 4.69) is 26.0 Å². The lowest BCUT2D eigenvalue weighted by Gasteiger charge is -1.88. The summed E-state index contributed by atoms with van der Waals surface area (Å²) in [5.41, 5.74) is 3.59. The van der Waals surface area contributed by atoms with Gasteiger partial charge < -0.3 is 0 Å². The van der Waals surface area contributed by atoms with Crippen molar-refractivity contribution in [2.45, 2.75) is 0 Å². The van der Waals surface area contributed by atoms with Crippen LogP contribution in [0.2, 0.25) is 0 Å². The molecule has 1 N–H and O–H groups in total. The fourth-order valence-corrected chi connectivity index (χ4v) is 0.791. The average Bonchev–Trinajstić information content (AvgIpc) is 2.58. The molecule has 5 heteroatoms.